The minimum absolute atomic E-state index is 0. The van der Waals surface area contributed by atoms with E-state index in [0.29, 0.717) is 6.04 Å². The van der Waals surface area contributed by atoms with Gasteiger partial charge in [0.1, 0.15) is 0 Å². The maximum atomic E-state index is 11.8. The van der Waals surface area contributed by atoms with Crippen molar-refractivity contribution in [2.24, 2.45) is 11.7 Å². The van der Waals surface area contributed by atoms with Crippen molar-refractivity contribution >= 4 is 18.3 Å². The molecule has 3 unspecified atom stereocenters. The SMILES string of the molecule is CCC(C)C(N)C(=O)NCC1CCCN1C.Cl. The van der Waals surface area contributed by atoms with Crippen LogP contribution in [0.2, 0.25) is 0 Å². The third-order valence-corrected chi connectivity index (χ3v) is 3.74. The van der Waals surface area contributed by atoms with Gasteiger partial charge in [-0.25, -0.2) is 0 Å². The van der Waals surface area contributed by atoms with Gasteiger partial charge in [-0.1, -0.05) is 20.3 Å². The Labute approximate surface area is 111 Å². The summed E-state index contributed by atoms with van der Waals surface area (Å²) in [5, 5.41) is 2.96. The summed E-state index contributed by atoms with van der Waals surface area (Å²) in [6, 6.07) is 0.129. The molecule has 17 heavy (non-hydrogen) atoms. The van der Waals surface area contributed by atoms with E-state index in [4.69, 9.17) is 5.73 Å². The van der Waals surface area contributed by atoms with E-state index in [1.807, 2.05) is 6.92 Å². The van der Waals surface area contributed by atoms with Gasteiger partial charge in [0.15, 0.2) is 0 Å². The van der Waals surface area contributed by atoms with Crippen LogP contribution in [0.25, 0.3) is 0 Å². The molecule has 1 fully saturated rings. The molecule has 0 bridgehead atoms. The fourth-order valence-electron chi connectivity index (χ4n) is 2.09. The first kappa shape index (κ1) is 16.7. The number of nitrogens with one attached hydrogen (secondary N) is 1. The van der Waals surface area contributed by atoms with Crippen LogP contribution in [0.15, 0.2) is 0 Å². The second-order valence-electron chi connectivity index (χ2n) is 4.93. The zero-order valence-electron chi connectivity index (χ0n) is 11.1. The quantitative estimate of drug-likeness (QED) is 0.778. The zero-order chi connectivity index (χ0) is 12.1. The van der Waals surface area contributed by atoms with Crippen molar-refractivity contribution < 1.29 is 4.79 Å². The van der Waals surface area contributed by atoms with E-state index in [1.54, 1.807) is 0 Å². The fraction of sp³-hybridized carbons (Fsp3) is 0.917. The number of halogens is 1. The molecule has 1 aliphatic rings. The number of likely N-dealkylation sites (tertiary alicyclic amines) is 1. The van der Waals surface area contributed by atoms with E-state index in [-0.39, 0.29) is 30.3 Å². The summed E-state index contributed by atoms with van der Waals surface area (Å²) in [6.07, 6.45) is 3.35. The van der Waals surface area contributed by atoms with Crippen molar-refractivity contribution in [3.8, 4) is 0 Å². The maximum Gasteiger partial charge on any atom is 0.237 e. The van der Waals surface area contributed by atoms with Gasteiger partial charge in [0.2, 0.25) is 5.91 Å². The first-order valence-corrected chi connectivity index (χ1v) is 6.29. The highest BCUT2D eigenvalue weighted by atomic mass is 35.5. The monoisotopic (exact) mass is 263 g/mol. The van der Waals surface area contributed by atoms with Crippen LogP contribution in [0.5, 0.6) is 0 Å². The van der Waals surface area contributed by atoms with Crippen LogP contribution in [0.1, 0.15) is 33.1 Å². The molecule has 3 atom stereocenters. The number of rotatable bonds is 5. The van der Waals surface area contributed by atoms with Gasteiger partial charge in [-0.2, -0.15) is 0 Å². The Bertz CT molecular complexity index is 238. The number of nitrogens with two attached hydrogens (primary N) is 1. The van der Waals surface area contributed by atoms with Gasteiger partial charge in [0.25, 0.3) is 0 Å². The van der Waals surface area contributed by atoms with Crippen LogP contribution in [-0.4, -0.2) is 43.0 Å². The Morgan fingerprint density at radius 3 is 2.71 bits per heavy atom. The highest BCUT2D eigenvalue weighted by molar-refractivity contribution is 5.85. The molecule has 0 spiro atoms. The van der Waals surface area contributed by atoms with E-state index in [1.165, 1.54) is 12.8 Å². The molecule has 0 saturated carbocycles. The summed E-state index contributed by atoms with van der Waals surface area (Å²) in [6.45, 7) is 5.95. The van der Waals surface area contributed by atoms with Crippen molar-refractivity contribution in [3.05, 3.63) is 0 Å². The molecule has 1 amide bonds. The average molecular weight is 264 g/mol. The smallest absolute Gasteiger partial charge is 0.237 e. The highest BCUT2D eigenvalue weighted by Crippen LogP contribution is 2.13. The van der Waals surface area contributed by atoms with Gasteiger partial charge in [-0.15, -0.1) is 12.4 Å². The van der Waals surface area contributed by atoms with Crippen LogP contribution >= 0.6 is 12.4 Å². The topological polar surface area (TPSA) is 58.4 Å². The van der Waals surface area contributed by atoms with Gasteiger partial charge < -0.3 is 16.0 Å². The Kier molecular flexibility index (Phi) is 7.75. The van der Waals surface area contributed by atoms with E-state index in [9.17, 15) is 4.79 Å². The number of amides is 1. The van der Waals surface area contributed by atoms with Gasteiger partial charge in [0.05, 0.1) is 6.04 Å². The van der Waals surface area contributed by atoms with E-state index < -0.39 is 0 Å². The van der Waals surface area contributed by atoms with Crippen LogP contribution in [0.4, 0.5) is 0 Å². The summed E-state index contributed by atoms with van der Waals surface area (Å²) in [7, 11) is 2.11. The Morgan fingerprint density at radius 2 is 2.24 bits per heavy atom. The van der Waals surface area contributed by atoms with Crippen LogP contribution < -0.4 is 11.1 Å². The molecular formula is C12H26ClN3O. The number of carbonyl (C=O) groups is 1. The minimum atomic E-state index is -0.364. The number of nitrogens with zero attached hydrogens (tertiary/aromatic N) is 1. The molecular weight excluding hydrogens is 238 g/mol. The molecule has 1 rings (SSSR count). The summed E-state index contributed by atoms with van der Waals surface area (Å²) in [4.78, 5) is 14.1. The predicted molar refractivity (Wildman–Crippen MR) is 73.3 cm³/mol. The highest BCUT2D eigenvalue weighted by Gasteiger charge is 2.23. The summed E-state index contributed by atoms with van der Waals surface area (Å²) < 4.78 is 0. The Balaban J connectivity index is 0.00000256. The molecule has 0 aromatic heterocycles. The lowest BCUT2D eigenvalue weighted by atomic mass is 9.99. The van der Waals surface area contributed by atoms with E-state index in [2.05, 4.69) is 24.2 Å². The second-order valence-corrected chi connectivity index (χ2v) is 4.93. The summed E-state index contributed by atoms with van der Waals surface area (Å²) in [5.41, 5.74) is 5.87. The summed E-state index contributed by atoms with van der Waals surface area (Å²) in [5.74, 6) is 0.246. The molecule has 0 aromatic rings. The summed E-state index contributed by atoms with van der Waals surface area (Å²) >= 11 is 0. The number of carbonyl (C=O) groups excluding carboxylic acids is 1. The average Bonchev–Trinajstić information content (AvgIpc) is 2.69. The predicted octanol–water partition coefficient (Wildman–Crippen LogP) is 0.992. The fourth-order valence-corrected chi connectivity index (χ4v) is 2.09. The Morgan fingerprint density at radius 1 is 1.59 bits per heavy atom. The molecule has 1 heterocycles. The van der Waals surface area contributed by atoms with Crippen molar-refractivity contribution in [1.29, 1.82) is 0 Å². The number of hydrogen-bond acceptors (Lipinski definition) is 3. The molecule has 0 radical (unpaired) electrons. The van der Waals surface area contributed by atoms with Gasteiger partial charge >= 0.3 is 0 Å². The first-order chi connectivity index (χ1) is 7.56. The third kappa shape index (κ3) is 4.82. The Hall–Kier alpha value is -0.320. The first-order valence-electron chi connectivity index (χ1n) is 6.29. The van der Waals surface area contributed by atoms with Gasteiger partial charge in [-0.3, -0.25) is 4.79 Å². The second kappa shape index (κ2) is 7.90. The zero-order valence-corrected chi connectivity index (χ0v) is 11.9. The van der Waals surface area contributed by atoms with Crippen LogP contribution in [-0.2, 0) is 4.79 Å². The largest absolute Gasteiger partial charge is 0.353 e. The molecule has 0 aliphatic carbocycles. The van der Waals surface area contributed by atoms with Gasteiger partial charge in [0, 0.05) is 12.6 Å². The van der Waals surface area contributed by atoms with E-state index >= 15 is 0 Å². The number of hydrogen-bond donors (Lipinski definition) is 2. The molecule has 4 nitrogen and oxygen atoms in total. The third-order valence-electron chi connectivity index (χ3n) is 3.74. The normalized spacial score (nSPS) is 23.9. The van der Waals surface area contributed by atoms with Gasteiger partial charge in [-0.05, 0) is 32.4 Å². The molecule has 0 aromatic carbocycles. The molecule has 5 heteroatoms. The van der Waals surface area contributed by atoms with E-state index in [0.717, 1.165) is 19.5 Å². The lowest BCUT2D eigenvalue weighted by Crippen LogP contribution is -2.48. The maximum absolute atomic E-state index is 11.8. The van der Waals surface area contributed by atoms with Crippen molar-refractivity contribution in [3.63, 3.8) is 0 Å². The van der Waals surface area contributed by atoms with Crippen LogP contribution in [0.3, 0.4) is 0 Å². The lowest BCUT2D eigenvalue weighted by Gasteiger charge is -2.22. The van der Waals surface area contributed by atoms with Crippen molar-refractivity contribution in [2.45, 2.75) is 45.2 Å². The molecule has 1 aliphatic heterocycles. The van der Waals surface area contributed by atoms with Crippen molar-refractivity contribution in [1.82, 2.24) is 10.2 Å². The molecule has 102 valence electrons. The molecule has 1 saturated heterocycles. The van der Waals surface area contributed by atoms with Crippen molar-refractivity contribution in [2.75, 3.05) is 20.1 Å². The standard InChI is InChI=1S/C12H25N3O.ClH/c1-4-9(2)11(13)12(16)14-8-10-6-5-7-15(10)3;/h9-11H,4-8,13H2,1-3H3,(H,14,16);1H. The number of likely N-dealkylation sites (N-methyl/N-ethyl adjacent to an activating group) is 1. The lowest BCUT2D eigenvalue weighted by molar-refractivity contribution is -0.123. The van der Waals surface area contributed by atoms with Crippen LogP contribution in [0, 0.1) is 5.92 Å². The minimum Gasteiger partial charge on any atom is -0.353 e. The molecule has 3 N–H and O–H groups in total.